The number of likely N-dealkylation sites (tertiary alicyclic amines) is 1. The van der Waals surface area contributed by atoms with Crippen LogP contribution in [0.15, 0.2) is 66.0 Å². The smallest absolute Gasteiger partial charge is 0.161 e. The van der Waals surface area contributed by atoms with Gasteiger partial charge in [-0.3, -0.25) is 20.0 Å². The molecule has 0 atom stereocenters. The molecule has 0 radical (unpaired) electrons. The monoisotopic (exact) mass is 462 g/mol. The van der Waals surface area contributed by atoms with E-state index >= 15 is 0 Å². The lowest BCUT2D eigenvalue weighted by atomic mass is 10.1. The van der Waals surface area contributed by atoms with Crippen LogP contribution in [0.25, 0.3) is 56.0 Å². The molecule has 1 fully saturated rings. The number of nitrogens with one attached hydrogen (secondary N) is 2. The largest absolute Gasteiger partial charge is 0.472 e. The van der Waals surface area contributed by atoms with E-state index in [2.05, 4.69) is 36.1 Å². The van der Waals surface area contributed by atoms with E-state index in [0.29, 0.717) is 11.5 Å². The number of furan rings is 1. The first-order valence-electron chi connectivity index (χ1n) is 11.7. The Labute approximate surface area is 200 Å². The van der Waals surface area contributed by atoms with Crippen LogP contribution in [0.2, 0.25) is 0 Å². The van der Waals surface area contributed by atoms with Crippen LogP contribution in [0.4, 0.5) is 0 Å². The first-order chi connectivity index (χ1) is 17.3. The lowest BCUT2D eigenvalue weighted by Gasteiger charge is -2.14. The molecular formula is C26H22N8O. The predicted octanol–water partition coefficient (Wildman–Crippen LogP) is 4.81. The van der Waals surface area contributed by atoms with E-state index in [9.17, 15) is 0 Å². The quantitative estimate of drug-likeness (QED) is 0.378. The molecular weight excluding hydrogens is 440 g/mol. The summed E-state index contributed by atoms with van der Waals surface area (Å²) in [5.74, 6) is 0.634. The summed E-state index contributed by atoms with van der Waals surface area (Å²) in [6.45, 7) is 3.23. The van der Waals surface area contributed by atoms with Crippen molar-refractivity contribution < 1.29 is 4.42 Å². The highest BCUT2D eigenvalue weighted by Crippen LogP contribution is 2.31. The van der Waals surface area contributed by atoms with Gasteiger partial charge in [-0.05, 0) is 55.8 Å². The molecule has 9 nitrogen and oxygen atoms in total. The Kier molecular flexibility index (Phi) is 4.66. The Morgan fingerprint density at radius 2 is 1.80 bits per heavy atom. The molecule has 9 heteroatoms. The number of H-pyrrole nitrogens is 2. The van der Waals surface area contributed by atoms with E-state index in [1.54, 1.807) is 24.9 Å². The van der Waals surface area contributed by atoms with Crippen molar-refractivity contribution >= 4 is 22.1 Å². The second-order valence-corrected chi connectivity index (χ2v) is 8.91. The molecule has 0 aliphatic carbocycles. The van der Waals surface area contributed by atoms with Gasteiger partial charge in [0, 0.05) is 41.8 Å². The van der Waals surface area contributed by atoms with Crippen LogP contribution in [-0.4, -0.2) is 53.1 Å². The maximum Gasteiger partial charge on any atom is 0.161 e. The van der Waals surface area contributed by atoms with Gasteiger partial charge in [-0.25, -0.2) is 9.97 Å². The van der Waals surface area contributed by atoms with Gasteiger partial charge in [0.1, 0.15) is 11.0 Å². The number of fused-ring (bicyclic) bond motifs is 2. The molecule has 172 valence electrons. The molecule has 1 aliphatic rings. The van der Waals surface area contributed by atoms with Crippen LogP contribution in [0.1, 0.15) is 18.4 Å². The van der Waals surface area contributed by atoms with Gasteiger partial charge in [0.2, 0.25) is 0 Å². The number of nitrogens with zero attached hydrogens (tertiary/aromatic N) is 6. The maximum atomic E-state index is 5.25. The van der Waals surface area contributed by atoms with Gasteiger partial charge >= 0.3 is 0 Å². The summed E-state index contributed by atoms with van der Waals surface area (Å²) in [4.78, 5) is 24.5. The molecule has 6 aromatic heterocycles. The van der Waals surface area contributed by atoms with Crippen molar-refractivity contribution in [1.29, 1.82) is 0 Å². The normalized spacial score (nSPS) is 14.4. The minimum atomic E-state index is 0.634. The van der Waals surface area contributed by atoms with Crippen molar-refractivity contribution in [2.45, 2.75) is 19.4 Å². The molecule has 7 heterocycles. The van der Waals surface area contributed by atoms with Crippen LogP contribution in [-0.2, 0) is 6.54 Å². The van der Waals surface area contributed by atoms with Crippen molar-refractivity contribution in [3.05, 3.63) is 67.1 Å². The maximum absolute atomic E-state index is 5.25. The van der Waals surface area contributed by atoms with E-state index in [0.717, 1.165) is 64.1 Å². The standard InChI is InChI=1S/C26H22N8O/c1-2-7-34(6-1)14-16-9-18(11-27-10-16)20-3-4-21-24(29-20)25(33-32-21)26-30-22-13-28-12-19(23(22)31-26)17-5-8-35-15-17/h3-5,8-13,15H,1-2,6-7,14H2,(H,30,31)(H,32,33). The molecule has 1 aliphatic heterocycles. The zero-order valence-electron chi connectivity index (χ0n) is 18.9. The second-order valence-electron chi connectivity index (χ2n) is 8.91. The summed E-state index contributed by atoms with van der Waals surface area (Å²) in [6.07, 6.45) is 13.2. The Morgan fingerprint density at radius 1 is 0.886 bits per heavy atom. The first-order valence-corrected chi connectivity index (χ1v) is 11.7. The van der Waals surface area contributed by atoms with Gasteiger partial charge in [0.15, 0.2) is 11.5 Å². The Balaban J connectivity index is 1.28. The van der Waals surface area contributed by atoms with Gasteiger partial charge in [0.05, 0.1) is 35.5 Å². The third-order valence-electron chi connectivity index (χ3n) is 6.55. The molecule has 2 N–H and O–H groups in total. The highest BCUT2D eigenvalue weighted by molar-refractivity contribution is 5.95. The minimum Gasteiger partial charge on any atom is -0.472 e. The SMILES string of the molecule is c1cc(-c2cncc3[nH]c(-c4n[nH]c5ccc(-c6cncc(CN7CCCC7)c6)nc45)nc23)co1. The molecule has 1 saturated heterocycles. The fourth-order valence-electron chi connectivity index (χ4n) is 4.81. The fraction of sp³-hybridized carbons (Fsp3) is 0.192. The van der Waals surface area contributed by atoms with Crippen LogP contribution >= 0.6 is 0 Å². The lowest BCUT2D eigenvalue weighted by Crippen LogP contribution is -2.18. The van der Waals surface area contributed by atoms with Crippen molar-refractivity contribution in [2.75, 3.05) is 13.1 Å². The Hall–Kier alpha value is -4.37. The average Bonchev–Trinajstić information content (AvgIpc) is 3.70. The summed E-state index contributed by atoms with van der Waals surface area (Å²) in [7, 11) is 0. The van der Waals surface area contributed by atoms with Gasteiger partial charge in [0.25, 0.3) is 0 Å². The van der Waals surface area contributed by atoms with Crippen molar-refractivity contribution in [1.82, 2.24) is 40.0 Å². The number of aromatic nitrogens is 7. The summed E-state index contributed by atoms with van der Waals surface area (Å²) in [6, 6.07) is 8.08. The number of pyridine rings is 3. The third-order valence-corrected chi connectivity index (χ3v) is 6.55. The van der Waals surface area contributed by atoms with E-state index in [4.69, 9.17) is 14.4 Å². The second kappa shape index (κ2) is 8.14. The number of hydrogen-bond acceptors (Lipinski definition) is 7. The minimum absolute atomic E-state index is 0.634. The highest BCUT2D eigenvalue weighted by Gasteiger charge is 2.18. The average molecular weight is 463 g/mol. The zero-order chi connectivity index (χ0) is 23.2. The zero-order valence-corrected chi connectivity index (χ0v) is 18.9. The van der Waals surface area contributed by atoms with E-state index in [-0.39, 0.29) is 0 Å². The number of rotatable bonds is 5. The van der Waals surface area contributed by atoms with Crippen molar-refractivity contribution in [2.24, 2.45) is 0 Å². The molecule has 6 aromatic rings. The van der Waals surface area contributed by atoms with Crippen LogP contribution in [0, 0.1) is 0 Å². The molecule has 0 saturated carbocycles. The summed E-state index contributed by atoms with van der Waals surface area (Å²) < 4.78 is 5.25. The summed E-state index contributed by atoms with van der Waals surface area (Å²) in [5.41, 5.74) is 8.77. The first kappa shape index (κ1) is 20.0. The molecule has 0 spiro atoms. The van der Waals surface area contributed by atoms with Crippen molar-refractivity contribution in [3.63, 3.8) is 0 Å². The van der Waals surface area contributed by atoms with E-state index < -0.39 is 0 Å². The third kappa shape index (κ3) is 3.57. The molecule has 0 aromatic carbocycles. The topological polar surface area (TPSA) is 112 Å². The van der Waals surface area contributed by atoms with Crippen LogP contribution < -0.4 is 0 Å². The molecule has 7 rings (SSSR count). The fourth-order valence-corrected chi connectivity index (χ4v) is 4.81. The number of hydrogen-bond donors (Lipinski definition) is 2. The van der Waals surface area contributed by atoms with Gasteiger partial charge in [-0.1, -0.05) is 0 Å². The van der Waals surface area contributed by atoms with Gasteiger partial charge in [-0.2, -0.15) is 5.10 Å². The van der Waals surface area contributed by atoms with Gasteiger partial charge < -0.3 is 9.40 Å². The summed E-state index contributed by atoms with van der Waals surface area (Å²) in [5, 5.41) is 7.62. The number of aromatic amines is 2. The summed E-state index contributed by atoms with van der Waals surface area (Å²) >= 11 is 0. The molecule has 35 heavy (non-hydrogen) atoms. The molecule has 0 amide bonds. The molecule has 0 bridgehead atoms. The van der Waals surface area contributed by atoms with E-state index in [1.165, 1.54) is 18.4 Å². The highest BCUT2D eigenvalue weighted by atomic mass is 16.3. The Morgan fingerprint density at radius 3 is 2.69 bits per heavy atom. The predicted molar refractivity (Wildman–Crippen MR) is 132 cm³/mol. The lowest BCUT2D eigenvalue weighted by molar-refractivity contribution is 0.331. The Bertz CT molecular complexity index is 1640. The number of imidazole rings is 1. The molecule has 0 unspecified atom stereocenters. The van der Waals surface area contributed by atoms with Crippen LogP contribution in [0.3, 0.4) is 0 Å². The van der Waals surface area contributed by atoms with Crippen LogP contribution in [0.5, 0.6) is 0 Å². The van der Waals surface area contributed by atoms with Gasteiger partial charge in [-0.15, -0.1) is 0 Å². The van der Waals surface area contributed by atoms with E-state index in [1.807, 2.05) is 30.6 Å². The van der Waals surface area contributed by atoms with Crippen molar-refractivity contribution in [3.8, 4) is 33.9 Å².